The Morgan fingerprint density at radius 3 is 2.78 bits per heavy atom. The first-order valence-electron chi connectivity index (χ1n) is 5.66. The number of ether oxygens (including phenoxy) is 2. The van der Waals surface area contributed by atoms with Gasteiger partial charge in [0.15, 0.2) is 0 Å². The second-order valence-corrected chi connectivity index (χ2v) is 4.72. The molecule has 0 bridgehead atoms. The third-order valence-electron chi connectivity index (χ3n) is 2.36. The van der Waals surface area contributed by atoms with Crippen LogP contribution in [0.25, 0.3) is 0 Å². The molecular weight excluding hydrogens is 303 g/mol. The maximum atomic E-state index is 13.5. The van der Waals surface area contributed by atoms with E-state index in [1.165, 1.54) is 6.07 Å². The molecule has 1 aromatic rings. The molecule has 0 saturated heterocycles. The minimum atomic E-state index is -0.363. The lowest BCUT2D eigenvalue weighted by Crippen LogP contribution is -2.10. The lowest BCUT2D eigenvalue weighted by molar-refractivity contribution is -0.119. The number of hydrogen-bond acceptors (Lipinski definition) is 3. The standard InChI is InChI=1S/C13H16BrFO3/c1-17-6-7-18-5-4-12(16)8-10-2-3-11(14)9-13(10)15/h2-3,9H,4-8H2,1H3. The number of carbonyl (C=O) groups excluding carboxylic acids is 1. The summed E-state index contributed by atoms with van der Waals surface area (Å²) in [5.74, 6) is -0.397. The summed E-state index contributed by atoms with van der Waals surface area (Å²) in [7, 11) is 1.59. The average molecular weight is 319 g/mol. The van der Waals surface area contributed by atoms with E-state index in [2.05, 4.69) is 15.9 Å². The summed E-state index contributed by atoms with van der Waals surface area (Å²) in [5.41, 5.74) is 0.417. The minimum absolute atomic E-state index is 0.0337. The van der Waals surface area contributed by atoms with Crippen LogP contribution in [0.4, 0.5) is 4.39 Å². The zero-order valence-corrected chi connectivity index (χ0v) is 11.8. The predicted molar refractivity (Wildman–Crippen MR) is 70.1 cm³/mol. The fourth-order valence-electron chi connectivity index (χ4n) is 1.40. The van der Waals surface area contributed by atoms with Crippen LogP contribution in [-0.2, 0) is 20.7 Å². The summed E-state index contributed by atoms with van der Waals surface area (Å²) in [4.78, 5) is 11.6. The summed E-state index contributed by atoms with van der Waals surface area (Å²) in [6.45, 7) is 1.33. The lowest BCUT2D eigenvalue weighted by Gasteiger charge is -2.05. The summed E-state index contributed by atoms with van der Waals surface area (Å²) in [6.07, 6.45) is 0.395. The van der Waals surface area contributed by atoms with E-state index >= 15 is 0 Å². The van der Waals surface area contributed by atoms with E-state index in [4.69, 9.17) is 9.47 Å². The van der Waals surface area contributed by atoms with Gasteiger partial charge < -0.3 is 9.47 Å². The minimum Gasteiger partial charge on any atom is -0.382 e. The molecule has 0 atom stereocenters. The van der Waals surface area contributed by atoms with E-state index in [1.54, 1.807) is 19.2 Å². The van der Waals surface area contributed by atoms with Gasteiger partial charge in [-0.1, -0.05) is 22.0 Å². The van der Waals surface area contributed by atoms with Gasteiger partial charge in [-0.3, -0.25) is 4.79 Å². The largest absolute Gasteiger partial charge is 0.382 e. The molecule has 0 spiro atoms. The zero-order chi connectivity index (χ0) is 13.4. The van der Waals surface area contributed by atoms with Gasteiger partial charge in [0.05, 0.1) is 19.8 Å². The quantitative estimate of drug-likeness (QED) is 0.691. The fourth-order valence-corrected chi connectivity index (χ4v) is 1.73. The Hall–Kier alpha value is -0.780. The Bertz CT molecular complexity index is 396. The van der Waals surface area contributed by atoms with Gasteiger partial charge >= 0.3 is 0 Å². The summed E-state index contributed by atoms with van der Waals surface area (Å²) < 4.78 is 24.1. The Morgan fingerprint density at radius 2 is 2.11 bits per heavy atom. The predicted octanol–water partition coefficient (Wildman–Crippen LogP) is 2.75. The van der Waals surface area contributed by atoms with E-state index in [1.807, 2.05) is 0 Å². The van der Waals surface area contributed by atoms with Crippen molar-refractivity contribution in [2.24, 2.45) is 0 Å². The van der Waals surface area contributed by atoms with Crippen LogP contribution < -0.4 is 0 Å². The molecule has 0 saturated carbocycles. The lowest BCUT2D eigenvalue weighted by atomic mass is 10.1. The average Bonchev–Trinajstić information content (AvgIpc) is 2.32. The highest BCUT2D eigenvalue weighted by atomic mass is 79.9. The van der Waals surface area contributed by atoms with Crippen molar-refractivity contribution < 1.29 is 18.7 Å². The highest BCUT2D eigenvalue weighted by Gasteiger charge is 2.08. The van der Waals surface area contributed by atoms with Gasteiger partial charge in [0.25, 0.3) is 0 Å². The number of benzene rings is 1. The Morgan fingerprint density at radius 1 is 1.33 bits per heavy atom. The van der Waals surface area contributed by atoms with Crippen molar-refractivity contribution in [1.82, 2.24) is 0 Å². The summed E-state index contributed by atoms with van der Waals surface area (Å²) >= 11 is 3.17. The van der Waals surface area contributed by atoms with Crippen molar-refractivity contribution >= 4 is 21.7 Å². The van der Waals surface area contributed by atoms with E-state index in [0.29, 0.717) is 36.3 Å². The van der Waals surface area contributed by atoms with Crippen molar-refractivity contribution in [3.05, 3.63) is 34.1 Å². The van der Waals surface area contributed by atoms with Crippen LogP contribution in [0.2, 0.25) is 0 Å². The summed E-state index contributed by atoms with van der Waals surface area (Å²) in [6, 6.07) is 4.70. The maximum Gasteiger partial charge on any atom is 0.139 e. The molecule has 0 amide bonds. The molecule has 0 aliphatic heterocycles. The molecule has 0 fully saturated rings. The molecule has 0 radical (unpaired) electrons. The smallest absolute Gasteiger partial charge is 0.139 e. The SMILES string of the molecule is COCCOCCC(=O)Cc1ccc(Br)cc1F. The molecule has 5 heteroatoms. The highest BCUT2D eigenvalue weighted by Crippen LogP contribution is 2.16. The number of hydrogen-bond donors (Lipinski definition) is 0. The van der Waals surface area contributed by atoms with Crippen LogP contribution in [-0.4, -0.2) is 32.7 Å². The van der Waals surface area contributed by atoms with Crippen molar-refractivity contribution in [2.75, 3.05) is 26.9 Å². The first kappa shape index (κ1) is 15.3. The Kier molecular flexibility index (Phi) is 7.08. The summed E-state index contributed by atoms with van der Waals surface area (Å²) in [5, 5.41) is 0. The van der Waals surface area contributed by atoms with Crippen LogP contribution in [0.5, 0.6) is 0 Å². The third kappa shape index (κ3) is 5.71. The molecule has 1 rings (SSSR count). The van der Waals surface area contributed by atoms with E-state index in [0.717, 1.165) is 0 Å². The van der Waals surface area contributed by atoms with Gasteiger partial charge in [-0.05, 0) is 17.7 Å². The fraction of sp³-hybridized carbons (Fsp3) is 0.462. The Balaban J connectivity index is 2.31. The molecular formula is C13H16BrFO3. The topological polar surface area (TPSA) is 35.5 Å². The van der Waals surface area contributed by atoms with Crippen molar-refractivity contribution in [3.63, 3.8) is 0 Å². The molecule has 0 unspecified atom stereocenters. The van der Waals surface area contributed by atoms with Crippen molar-refractivity contribution in [1.29, 1.82) is 0 Å². The van der Waals surface area contributed by atoms with Crippen LogP contribution in [0.3, 0.4) is 0 Å². The van der Waals surface area contributed by atoms with Crippen LogP contribution >= 0.6 is 15.9 Å². The second-order valence-electron chi connectivity index (χ2n) is 3.81. The maximum absolute atomic E-state index is 13.5. The zero-order valence-electron chi connectivity index (χ0n) is 10.2. The van der Waals surface area contributed by atoms with Crippen LogP contribution in [0, 0.1) is 5.82 Å². The number of ketones is 1. The molecule has 3 nitrogen and oxygen atoms in total. The number of carbonyl (C=O) groups is 1. The first-order valence-corrected chi connectivity index (χ1v) is 6.45. The van der Waals surface area contributed by atoms with Gasteiger partial charge in [-0.15, -0.1) is 0 Å². The second kappa shape index (κ2) is 8.34. The van der Waals surface area contributed by atoms with Gasteiger partial charge in [0.1, 0.15) is 11.6 Å². The molecule has 18 heavy (non-hydrogen) atoms. The number of rotatable bonds is 8. The number of halogens is 2. The molecule has 0 aliphatic rings. The first-order chi connectivity index (χ1) is 8.63. The van der Waals surface area contributed by atoms with E-state index in [-0.39, 0.29) is 18.0 Å². The van der Waals surface area contributed by atoms with Gasteiger partial charge in [0.2, 0.25) is 0 Å². The van der Waals surface area contributed by atoms with Gasteiger partial charge in [-0.25, -0.2) is 4.39 Å². The number of methoxy groups -OCH3 is 1. The van der Waals surface area contributed by atoms with E-state index < -0.39 is 0 Å². The molecule has 0 N–H and O–H groups in total. The molecule has 0 aromatic heterocycles. The Labute approximate surface area is 114 Å². The normalized spacial score (nSPS) is 10.6. The van der Waals surface area contributed by atoms with Gasteiger partial charge in [0, 0.05) is 24.4 Å². The number of Topliss-reactive ketones (excluding diaryl/α,β-unsaturated/α-hetero) is 1. The third-order valence-corrected chi connectivity index (χ3v) is 2.85. The molecule has 100 valence electrons. The molecule has 0 aliphatic carbocycles. The monoisotopic (exact) mass is 318 g/mol. The van der Waals surface area contributed by atoms with Crippen molar-refractivity contribution in [2.45, 2.75) is 12.8 Å². The van der Waals surface area contributed by atoms with Crippen LogP contribution in [0.1, 0.15) is 12.0 Å². The van der Waals surface area contributed by atoms with E-state index in [9.17, 15) is 9.18 Å². The highest BCUT2D eigenvalue weighted by molar-refractivity contribution is 9.10. The van der Waals surface area contributed by atoms with Gasteiger partial charge in [-0.2, -0.15) is 0 Å². The molecule has 1 aromatic carbocycles. The van der Waals surface area contributed by atoms with Crippen molar-refractivity contribution in [3.8, 4) is 0 Å². The van der Waals surface area contributed by atoms with Crippen LogP contribution in [0.15, 0.2) is 22.7 Å². The molecule has 0 heterocycles.